The van der Waals surface area contributed by atoms with E-state index < -0.39 is 0 Å². The summed E-state index contributed by atoms with van der Waals surface area (Å²) >= 11 is 0. The first-order chi connectivity index (χ1) is 27.4. The summed E-state index contributed by atoms with van der Waals surface area (Å²) in [6.45, 7) is 13.0. The molecule has 0 saturated heterocycles. The number of rotatable bonds is 6. The van der Waals surface area contributed by atoms with Gasteiger partial charge in [-0.05, 0) is 77.1 Å². The van der Waals surface area contributed by atoms with Gasteiger partial charge in [-0.25, -0.2) is 9.97 Å². The summed E-state index contributed by atoms with van der Waals surface area (Å²) in [6.07, 6.45) is 0. The Balaban J connectivity index is 1.27. The Morgan fingerprint density at radius 1 is 0.596 bits per heavy atom. The average molecular weight is 747 g/mol. The summed E-state index contributed by atoms with van der Waals surface area (Å²) in [5.74, 6) is 0.952. The van der Waals surface area contributed by atoms with E-state index in [0.29, 0.717) is 22.7 Å². The second-order valence-electron chi connectivity index (χ2n) is 17.0. The number of aryl methyl sites for hydroxylation is 1. The second kappa shape index (κ2) is 13.5. The largest absolute Gasteiger partial charge is 0.507 e. The lowest BCUT2D eigenvalue weighted by molar-refractivity contribution is 0.446. The predicted molar refractivity (Wildman–Crippen MR) is 236 cm³/mol. The molecule has 0 fully saturated rings. The van der Waals surface area contributed by atoms with Gasteiger partial charge in [-0.15, -0.1) is 0 Å². The standard InChI is InChI=1S/C51H46N4O2/c1-50(2,3)33-29-40(47(56)41(30-33)51(4,5)6)49-53-45-38(25-17-26-43(45)54(49)7)46-48-39(37-24-14-15-27-44(37)57-48)31-42(52-46)32-18-16-23-36(28-32)55(34-19-10-8-11-20-34)35-21-12-9-13-22-35/h8-31,56H,1-7H3. The number of pyridine rings is 1. The Morgan fingerprint density at radius 2 is 1.25 bits per heavy atom. The molecule has 9 aromatic rings. The van der Waals surface area contributed by atoms with E-state index in [9.17, 15) is 5.11 Å². The van der Waals surface area contributed by atoms with Gasteiger partial charge in [0.25, 0.3) is 0 Å². The van der Waals surface area contributed by atoms with E-state index in [2.05, 4.69) is 166 Å². The van der Waals surface area contributed by atoms with Crippen LogP contribution < -0.4 is 4.90 Å². The minimum absolute atomic E-state index is 0.133. The zero-order valence-electron chi connectivity index (χ0n) is 33.5. The molecule has 0 saturated carbocycles. The highest BCUT2D eigenvalue weighted by Gasteiger charge is 2.28. The quantitative estimate of drug-likeness (QED) is 0.183. The van der Waals surface area contributed by atoms with Crippen LogP contribution in [0.5, 0.6) is 5.75 Å². The number of anilines is 3. The molecule has 0 amide bonds. The van der Waals surface area contributed by atoms with Crippen LogP contribution in [0, 0.1) is 0 Å². The minimum Gasteiger partial charge on any atom is -0.507 e. The molecule has 0 atom stereocenters. The Kier molecular flexibility index (Phi) is 8.54. The number of benzene rings is 6. The Morgan fingerprint density at radius 3 is 1.93 bits per heavy atom. The molecule has 9 rings (SSSR count). The number of para-hydroxylation sites is 4. The van der Waals surface area contributed by atoms with Crippen molar-refractivity contribution in [3.63, 3.8) is 0 Å². The van der Waals surface area contributed by atoms with Gasteiger partial charge < -0.3 is 19.0 Å². The summed E-state index contributed by atoms with van der Waals surface area (Å²) in [6, 6.07) is 50.2. The van der Waals surface area contributed by atoms with Crippen molar-refractivity contribution in [2.45, 2.75) is 52.4 Å². The highest BCUT2D eigenvalue weighted by molar-refractivity contribution is 6.12. The lowest BCUT2D eigenvalue weighted by Crippen LogP contribution is -2.17. The minimum atomic E-state index is -0.274. The van der Waals surface area contributed by atoms with Crippen LogP contribution >= 0.6 is 0 Å². The molecule has 6 heteroatoms. The number of hydrogen-bond donors (Lipinski definition) is 1. The van der Waals surface area contributed by atoms with Crippen molar-refractivity contribution in [1.82, 2.24) is 14.5 Å². The number of phenols is 1. The number of nitrogens with zero attached hydrogens (tertiary/aromatic N) is 4. The fraction of sp³-hybridized carbons (Fsp3) is 0.176. The van der Waals surface area contributed by atoms with Crippen LogP contribution in [0.3, 0.4) is 0 Å². The molecule has 6 aromatic carbocycles. The molecule has 0 aliphatic heterocycles. The fourth-order valence-corrected chi connectivity index (χ4v) is 7.92. The molecule has 1 N–H and O–H groups in total. The average Bonchev–Trinajstić information content (AvgIpc) is 3.75. The third-order valence-corrected chi connectivity index (χ3v) is 11.0. The maximum atomic E-state index is 11.9. The highest BCUT2D eigenvalue weighted by atomic mass is 16.3. The smallest absolute Gasteiger partial charge is 0.161 e. The second-order valence-corrected chi connectivity index (χ2v) is 17.0. The molecule has 0 aliphatic rings. The fourth-order valence-electron chi connectivity index (χ4n) is 7.92. The molecule has 6 nitrogen and oxygen atoms in total. The van der Waals surface area contributed by atoms with Crippen LogP contribution in [0.1, 0.15) is 52.7 Å². The lowest BCUT2D eigenvalue weighted by atomic mass is 9.79. The highest BCUT2D eigenvalue weighted by Crippen LogP contribution is 2.45. The van der Waals surface area contributed by atoms with Gasteiger partial charge in [0.05, 0.1) is 22.3 Å². The van der Waals surface area contributed by atoms with Gasteiger partial charge in [-0.2, -0.15) is 0 Å². The van der Waals surface area contributed by atoms with Gasteiger partial charge in [-0.1, -0.05) is 126 Å². The first-order valence-corrected chi connectivity index (χ1v) is 19.5. The molecule has 0 spiro atoms. The molecule has 3 aromatic heterocycles. The van der Waals surface area contributed by atoms with E-state index in [1.165, 1.54) is 0 Å². The van der Waals surface area contributed by atoms with Gasteiger partial charge >= 0.3 is 0 Å². The molecule has 0 unspecified atom stereocenters. The van der Waals surface area contributed by atoms with E-state index in [4.69, 9.17) is 14.4 Å². The Labute approximate surface area is 333 Å². The predicted octanol–water partition coefficient (Wildman–Crippen LogP) is 13.6. The van der Waals surface area contributed by atoms with Gasteiger partial charge in [0.2, 0.25) is 0 Å². The number of phenolic OH excluding ortho intramolecular Hbond substituents is 1. The summed E-state index contributed by atoms with van der Waals surface area (Å²) in [4.78, 5) is 13.1. The van der Waals surface area contributed by atoms with E-state index in [0.717, 1.165) is 72.4 Å². The van der Waals surface area contributed by atoms with Crippen LogP contribution in [0.4, 0.5) is 17.1 Å². The third-order valence-electron chi connectivity index (χ3n) is 11.0. The first kappa shape index (κ1) is 36.0. The van der Waals surface area contributed by atoms with Crippen molar-refractivity contribution in [2.24, 2.45) is 7.05 Å². The SMILES string of the molecule is Cn1c(-c2cc(C(C)(C)C)cc(C(C)(C)C)c2O)nc2c(-c3nc(-c4cccc(N(c5ccccc5)c5ccccc5)c4)cc4c3oc3ccccc34)cccc21. The lowest BCUT2D eigenvalue weighted by Gasteiger charge is -2.27. The molecule has 57 heavy (non-hydrogen) atoms. The molecule has 0 aliphatic carbocycles. The van der Waals surface area contributed by atoms with E-state index in [1.54, 1.807) is 0 Å². The molecular weight excluding hydrogens is 701 g/mol. The molecule has 0 radical (unpaired) electrons. The number of hydrogen-bond acceptors (Lipinski definition) is 5. The van der Waals surface area contributed by atoms with Crippen molar-refractivity contribution in [3.8, 4) is 39.7 Å². The topological polar surface area (TPSA) is 67.3 Å². The van der Waals surface area contributed by atoms with Gasteiger partial charge in [0.1, 0.15) is 22.9 Å². The number of aromatic nitrogens is 3. The summed E-state index contributed by atoms with van der Waals surface area (Å²) < 4.78 is 8.74. The normalized spacial score (nSPS) is 12.2. The Bertz CT molecular complexity index is 2910. The van der Waals surface area contributed by atoms with Crippen molar-refractivity contribution < 1.29 is 9.52 Å². The summed E-state index contributed by atoms with van der Waals surface area (Å²) in [5, 5.41) is 13.9. The number of fused-ring (bicyclic) bond motifs is 4. The van der Waals surface area contributed by atoms with Gasteiger partial charge in [-0.3, -0.25) is 0 Å². The maximum absolute atomic E-state index is 11.9. The maximum Gasteiger partial charge on any atom is 0.161 e. The van der Waals surface area contributed by atoms with Crippen molar-refractivity contribution in [1.29, 1.82) is 0 Å². The van der Waals surface area contributed by atoms with E-state index >= 15 is 0 Å². The third kappa shape index (κ3) is 6.31. The zero-order valence-corrected chi connectivity index (χ0v) is 33.5. The number of imidazole rings is 1. The molecule has 0 bridgehead atoms. The monoisotopic (exact) mass is 746 g/mol. The van der Waals surface area contributed by atoms with Crippen LogP contribution in [-0.4, -0.2) is 19.6 Å². The summed E-state index contributed by atoms with van der Waals surface area (Å²) in [7, 11) is 2.02. The number of aromatic hydroxyl groups is 1. The Hall–Kier alpha value is -6.66. The van der Waals surface area contributed by atoms with Crippen molar-refractivity contribution in [2.75, 3.05) is 4.90 Å². The van der Waals surface area contributed by atoms with Crippen LogP contribution in [-0.2, 0) is 17.9 Å². The first-order valence-electron chi connectivity index (χ1n) is 19.5. The van der Waals surface area contributed by atoms with E-state index in [-0.39, 0.29) is 16.6 Å². The summed E-state index contributed by atoms with van der Waals surface area (Å²) in [5.41, 5.74) is 12.1. The van der Waals surface area contributed by atoms with Crippen molar-refractivity contribution >= 4 is 50.0 Å². The van der Waals surface area contributed by atoms with E-state index in [1.807, 2.05) is 37.4 Å². The zero-order chi connectivity index (χ0) is 39.6. The number of furan rings is 1. The molecule has 3 heterocycles. The van der Waals surface area contributed by atoms with Crippen LogP contribution in [0.25, 0.3) is 66.9 Å². The van der Waals surface area contributed by atoms with Crippen LogP contribution in [0.15, 0.2) is 150 Å². The molecular formula is C51H46N4O2. The van der Waals surface area contributed by atoms with Gasteiger partial charge in [0, 0.05) is 51.6 Å². The van der Waals surface area contributed by atoms with Crippen molar-refractivity contribution in [3.05, 3.63) is 157 Å². The van der Waals surface area contributed by atoms with Crippen LogP contribution in [0.2, 0.25) is 0 Å². The van der Waals surface area contributed by atoms with Gasteiger partial charge in [0.15, 0.2) is 5.58 Å². The molecule has 282 valence electrons.